The van der Waals surface area contributed by atoms with Crippen LogP contribution in [0.4, 0.5) is 11.9 Å². The summed E-state index contributed by atoms with van der Waals surface area (Å²) in [6, 6.07) is 0. The molecule has 1 aromatic heterocycles. The van der Waals surface area contributed by atoms with E-state index in [0.29, 0.717) is 11.9 Å². The highest BCUT2D eigenvalue weighted by atomic mass is 15.4. The maximum absolute atomic E-state index is 5.46. The number of rotatable bonds is 2. The maximum Gasteiger partial charge on any atom is 0.250 e. The first-order chi connectivity index (χ1) is 6.68. The molecule has 1 aromatic rings. The van der Waals surface area contributed by atoms with E-state index in [9.17, 15) is 0 Å². The number of allylic oxidation sites excluding steroid dienone is 3. The number of aromatic amines is 1. The lowest BCUT2D eigenvalue weighted by molar-refractivity contribution is 0.993. The second kappa shape index (κ2) is 3.17. The second-order valence-electron chi connectivity index (χ2n) is 3.35. The molecular weight excluding hydrogens is 178 g/mol. The van der Waals surface area contributed by atoms with E-state index in [1.54, 1.807) is 0 Å². The van der Waals surface area contributed by atoms with E-state index in [2.05, 4.69) is 34.3 Å². The fraction of sp³-hybridized carbons (Fsp3) is 0.333. The molecule has 0 saturated carbocycles. The zero-order valence-corrected chi connectivity index (χ0v) is 8.28. The molecule has 74 valence electrons. The molecule has 0 aromatic carbocycles. The third-order valence-electron chi connectivity index (χ3n) is 2.29. The van der Waals surface area contributed by atoms with Crippen LogP contribution in [0.15, 0.2) is 23.4 Å². The van der Waals surface area contributed by atoms with Gasteiger partial charge in [-0.15, -0.1) is 5.10 Å². The zero-order chi connectivity index (χ0) is 10.1. The number of nitrogens with two attached hydrogens (primary N) is 1. The van der Waals surface area contributed by atoms with Gasteiger partial charge in [-0.2, -0.15) is 4.98 Å². The summed E-state index contributed by atoms with van der Waals surface area (Å²) in [6.45, 7) is 2.10. The van der Waals surface area contributed by atoms with Gasteiger partial charge in [0, 0.05) is 12.7 Å². The molecule has 0 fully saturated rings. The van der Waals surface area contributed by atoms with Crippen molar-refractivity contribution in [3.8, 4) is 0 Å². The van der Waals surface area contributed by atoms with E-state index in [-0.39, 0.29) is 0 Å². The van der Waals surface area contributed by atoms with Crippen molar-refractivity contribution in [1.29, 1.82) is 0 Å². The van der Waals surface area contributed by atoms with Crippen LogP contribution in [0.5, 0.6) is 0 Å². The number of nitrogens with zero attached hydrogens (tertiary/aromatic N) is 3. The van der Waals surface area contributed by atoms with Gasteiger partial charge in [0.05, 0.1) is 0 Å². The Balaban J connectivity index is 2.28. The molecule has 5 nitrogen and oxygen atoms in total. The van der Waals surface area contributed by atoms with Crippen LogP contribution >= 0.6 is 0 Å². The fourth-order valence-corrected chi connectivity index (χ4v) is 1.51. The summed E-state index contributed by atoms with van der Waals surface area (Å²) in [6.07, 6.45) is 5.19. The van der Waals surface area contributed by atoms with Crippen LogP contribution in [-0.2, 0) is 0 Å². The topological polar surface area (TPSA) is 70.8 Å². The van der Waals surface area contributed by atoms with Gasteiger partial charge in [0.25, 0.3) is 5.95 Å². The third kappa shape index (κ3) is 1.37. The van der Waals surface area contributed by atoms with Crippen molar-refractivity contribution >= 4 is 11.9 Å². The van der Waals surface area contributed by atoms with Crippen LogP contribution in [0, 0.1) is 0 Å². The van der Waals surface area contributed by atoms with E-state index >= 15 is 0 Å². The molecule has 3 N–H and O–H groups in total. The minimum atomic E-state index is 0.340. The van der Waals surface area contributed by atoms with E-state index < -0.39 is 0 Å². The van der Waals surface area contributed by atoms with Crippen LogP contribution in [0.25, 0.3) is 0 Å². The lowest BCUT2D eigenvalue weighted by Gasteiger charge is -2.15. The first-order valence-corrected chi connectivity index (χ1v) is 4.46. The number of H-pyrrole nitrogens is 1. The Hall–Kier alpha value is -1.78. The molecule has 0 bridgehead atoms. The standard InChI is InChI=1S/C9H13N5/c1-6-4-3-5-7(6)14(2)9-11-8(10)12-13-9/h3,5H,4H2,1-2H3,(H3,10,11,12,13). The number of likely N-dealkylation sites (N-methyl/N-ethyl adjacent to an activating group) is 1. The Kier molecular flexibility index (Phi) is 1.99. The first kappa shape index (κ1) is 8.80. The Morgan fingerprint density at radius 3 is 2.86 bits per heavy atom. The van der Waals surface area contributed by atoms with Crippen molar-refractivity contribution in [3.05, 3.63) is 23.4 Å². The second-order valence-corrected chi connectivity index (χ2v) is 3.35. The average molecular weight is 191 g/mol. The fourth-order valence-electron chi connectivity index (χ4n) is 1.51. The van der Waals surface area contributed by atoms with Crippen molar-refractivity contribution < 1.29 is 0 Å². The molecule has 0 atom stereocenters. The predicted octanol–water partition coefficient (Wildman–Crippen LogP) is 1.06. The normalized spacial score (nSPS) is 15.3. The Morgan fingerprint density at radius 2 is 2.36 bits per heavy atom. The van der Waals surface area contributed by atoms with Crippen molar-refractivity contribution in [2.45, 2.75) is 13.3 Å². The minimum absolute atomic E-state index is 0.340. The molecule has 1 heterocycles. The molecule has 2 rings (SSSR count). The molecule has 0 amide bonds. The molecule has 0 aliphatic heterocycles. The SMILES string of the molecule is CC1=C(N(C)c2n[nH]c(N)n2)C=CC1. The molecular formula is C9H13N5. The highest BCUT2D eigenvalue weighted by Crippen LogP contribution is 2.23. The van der Waals surface area contributed by atoms with Gasteiger partial charge in [-0.3, -0.25) is 0 Å². The van der Waals surface area contributed by atoms with Crippen LogP contribution in [-0.4, -0.2) is 22.2 Å². The van der Waals surface area contributed by atoms with Crippen molar-refractivity contribution in [2.24, 2.45) is 0 Å². The highest BCUT2D eigenvalue weighted by Gasteiger charge is 2.14. The molecule has 0 saturated heterocycles. The molecule has 14 heavy (non-hydrogen) atoms. The van der Waals surface area contributed by atoms with Gasteiger partial charge in [-0.25, -0.2) is 5.10 Å². The molecule has 5 heteroatoms. The lowest BCUT2D eigenvalue weighted by Crippen LogP contribution is -2.16. The number of hydrogen-bond acceptors (Lipinski definition) is 4. The Labute approximate surface area is 82.3 Å². The van der Waals surface area contributed by atoms with Gasteiger partial charge in [0.1, 0.15) is 0 Å². The number of nitrogens with one attached hydrogen (secondary N) is 1. The summed E-state index contributed by atoms with van der Waals surface area (Å²) in [5.74, 6) is 0.940. The highest BCUT2D eigenvalue weighted by molar-refractivity contribution is 5.49. The first-order valence-electron chi connectivity index (χ1n) is 4.46. The third-order valence-corrected chi connectivity index (χ3v) is 2.29. The molecule has 1 aliphatic carbocycles. The average Bonchev–Trinajstić information content (AvgIpc) is 2.73. The van der Waals surface area contributed by atoms with Crippen molar-refractivity contribution in [3.63, 3.8) is 0 Å². The van der Waals surface area contributed by atoms with Crippen molar-refractivity contribution in [1.82, 2.24) is 15.2 Å². The smallest absolute Gasteiger partial charge is 0.250 e. The predicted molar refractivity (Wildman–Crippen MR) is 55.7 cm³/mol. The van der Waals surface area contributed by atoms with Gasteiger partial charge in [0.15, 0.2) is 0 Å². The van der Waals surface area contributed by atoms with Gasteiger partial charge in [-0.1, -0.05) is 6.08 Å². The maximum atomic E-state index is 5.46. The molecule has 1 aliphatic rings. The minimum Gasteiger partial charge on any atom is -0.368 e. The summed E-state index contributed by atoms with van der Waals surface area (Å²) < 4.78 is 0. The van der Waals surface area contributed by atoms with Crippen LogP contribution in [0.2, 0.25) is 0 Å². The summed E-state index contributed by atoms with van der Waals surface area (Å²) in [5.41, 5.74) is 7.92. The number of nitrogen functional groups attached to an aromatic ring is 1. The Morgan fingerprint density at radius 1 is 1.57 bits per heavy atom. The zero-order valence-electron chi connectivity index (χ0n) is 8.28. The monoisotopic (exact) mass is 191 g/mol. The summed E-state index contributed by atoms with van der Waals surface area (Å²) in [7, 11) is 1.93. The summed E-state index contributed by atoms with van der Waals surface area (Å²) in [4.78, 5) is 5.98. The molecule has 0 unspecified atom stereocenters. The summed E-state index contributed by atoms with van der Waals surface area (Å²) >= 11 is 0. The number of anilines is 2. The van der Waals surface area contributed by atoms with Crippen molar-refractivity contribution in [2.75, 3.05) is 17.7 Å². The largest absolute Gasteiger partial charge is 0.368 e. The quantitative estimate of drug-likeness (QED) is 0.733. The van der Waals surface area contributed by atoms with Gasteiger partial charge < -0.3 is 10.6 Å². The van der Waals surface area contributed by atoms with Gasteiger partial charge in [-0.05, 0) is 25.0 Å². The lowest BCUT2D eigenvalue weighted by atomic mass is 10.2. The summed E-state index contributed by atoms with van der Waals surface area (Å²) in [5, 5.41) is 6.61. The van der Waals surface area contributed by atoms with E-state index in [4.69, 9.17) is 5.73 Å². The number of aromatic nitrogens is 3. The van der Waals surface area contributed by atoms with Crippen LogP contribution < -0.4 is 10.6 Å². The number of hydrogen-bond donors (Lipinski definition) is 2. The van der Waals surface area contributed by atoms with E-state index in [1.165, 1.54) is 5.57 Å². The Bertz CT molecular complexity index is 401. The van der Waals surface area contributed by atoms with Crippen LogP contribution in [0.3, 0.4) is 0 Å². The molecule has 0 radical (unpaired) electrons. The van der Waals surface area contributed by atoms with Crippen LogP contribution in [0.1, 0.15) is 13.3 Å². The van der Waals surface area contributed by atoms with E-state index in [1.807, 2.05) is 11.9 Å². The molecule has 0 spiro atoms. The van der Waals surface area contributed by atoms with Gasteiger partial charge in [0.2, 0.25) is 5.95 Å². The van der Waals surface area contributed by atoms with E-state index in [0.717, 1.165) is 12.1 Å². The van der Waals surface area contributed by atoms with Gasteiger partial charge >= 0.3 is 0 Å².